The number of carbonyl (C=O) groups excluding carboxylic acids is 2. The highest BCUT2D eigenvalue weighted by atomic mass is 32.2. The molecule has 1 aromatic rings. The topological polar surface area (TPSA) is 96.9 Å². The fourth-order valence-electron chi connectivity index (χ4n) is 3.93. The van der Waals surface area contributed by atoms with Crippen LogP contribution in [0, 0.1) is 5.92 Å². The summed E-state index contributed by atoms with van der Waals surface area (Å²) < 4.78 is 32.1. The average molecular weight is 470 g/mol. The number of pyridine rings is 1. The Labute approximate surface area is 188 Å². The first-order valence-electron chi connectivity index (χ1n) is 10.9. The molecule has 1 atom stereocenters. The molecular formula is C21H31N3O5S2. The molecule has 0 saturated carbocycles. The third-order valence-corrected chi connectivity index (χ3v) is 8.65. The molecule has 1 aromatic heterocycles. The normalized spacial score (nSPS) is 19.7. The van der Waals surface area contributed by atoms with Crippen LogP contribution in [-0.4, -0.2) is 72.5 Å². The number of nitrogens with zero attached hydrogens (tertiary/aromatic N) is 3. The maximum Gasteiger partial charge on any atom is 0.309 e. The van der Waals surface area contributed by atoms with E-state index in [2.05, 4.69) is 4.98 Å². The van der Waals surface area contributed by atoms with Crippen LogP contribution in [0.5, 0.6) is 0 Å². The SMILES string of the molecule is CCOC(=O)C1CCN(C(=O)C(C)Sc2ccc(S(=O)(=O)N3CCCCC3)cn2)CC1. The van der Waals surface area contributed by atoms with E-state index in [0.29, 0.717) is 50.7 Å². The van der Waals surface area contributed by atoms with E-state index in [1.165, 1.54) is 22.3 Å². The minimum atomic E-state index is -3.51. The van der Waals surface area contributed by atoms with E-state index in [0.717, 1.165) is 19.3 Å². The van der Waals surface area contributed by atoms with Crippen LogP contribution in [0.2, 0.25) is 0 Å². The maximum absolute atomic E-state index is 12.8. The molecule has 31 heavy (non-hydrogen) atoms. The van der Waals surface area contributed by atoms with Crippen molar-refractivity contribution < 1.29 is 22.7 Å². The number of likely N-dealkylation sites (tertiary alicyclic amines) is 1. The number of hydrogen-bond donors (Lipinski definition) is 0. The summed E-state index contributed by atoms with van der Waals surface area (Å²) in [6.07, 6.45) is 5.45. The van der Waals surface area contributed by atoms with E-state index in [-0.39, 0.29) is 27.9 Å². The van der Waals surface area contributed by atoms with E-state index >= 15 is 0 Å². The smallest absolute Gasteiger partial charge is 0.309 e. The van der Waals surface area contributed by atoms with Crippen molar-refractivity contribution in [2.24, 2.45) is 5.92 Å². The summed E-state index contributed by atoms with van der Waals surface area (Å²) in [4.78, 5) is 30.9. The van der Waals surface area contributed by atoms with Crippen molar-refractivity contribution in [3.05, 3.63) is 18.3 Å². The zero-order valence-electron chi connectivity index (χ0n) is 18.2. The molecule has 0 aromatic carbocycles. The lowest BCUT2D eigenvalue weighted by Gasteiger charge is -2.32. The molecule has 8 nitrogen and oxygen atoms in total. The van der Waals surface area contributed by atoms with Crippen LogP contribution in [0.25, 0.3) is 0 Å². The number of hydrogen-bond acceptors (Lipinski definition) is 7. The van der Waals surface area contributed by atoms with E-state index in [1.807, 2.05) is 6.92 Å². The zero-order valence-corrected chi connectivity index (χ0v) is 19.8. The van der Waals surface area contributed by atoms with E-state index < -0.39 is 10.0 Å². The molecule has 0 bridgehead atoms. The van der Waals surface area contributed by atoms with Crippen molar-refractivity contribution in [3.63, 3.8) is 0 Å². The van der Waals surface area contributed by atoms with Crippen LogP contribution >= 0.6 is 11.8 Å². The van der Waals surface area contributed by atoms with Crippen molar-refractivity contribution >= 4 is 33.7 Å². The highest BCUT2D eigenvalue weighted by Gasteiger charge is 2.31. The summed E-state index contributed by atoms with van der Waals surface area (Å²) in [7, 11) is -3.51. The number of carbonyl (C=O) groups is 2. The van der Waals surface area contributed by atoms with E-state index in [4.69, 9.17) is 4.74 Å². The number of piperidine rings is 2. The number of ether oxygens (including phenoxy) is 1. The molecule has 10 heteroatoms. The van der Waals surface area contributed by atoms with Gasteiger partial charge in [0.2, 0.25) is 15.9 Å². The second-order valence-corrected chi connectivity index (χ2v) is 11.2. The number of sulfonamides is 1. The first-order valence-corrected chi connectivity index (χ1v) is 13.2. The number of rotatable bonds is 7. The minimum absolute atomic E-state index is 0.000811. The Morgan fingerprint density at radius 3 is 2.42 bits per heavy atom. The molecule has 172 valence electrons. The van der Waals surface area contributed by atoms with Gasteiger partial charge in [-0.25, -0.2) is 13.4 Å². The number of amides is 1. The summed E-state index contributed by atoms with van der Waals surface area (Å²) in [5.41, 5.74) is 0. The van der Waals surface area contributed by atoms with Crippen LogP contribution < -0.4 is 0 Å². The van der Waals surface area contributed by atoms with Crippen molar-refractivity contribution in [2.75, 3.05) is 32.8 Å². The first kappa shape index (κ1) is 24.0. The Hall–Kier alpha value is -1.65. The van der Waals surface area contributed by atoms with Crippen LogP contribution in [0.3, 0.4) is 0 Å². The minimum Gasteiger partial charge on any atom is -0.466 e. The molecule has 3 rings (SSSR count). The van der Waals surface area contributed by atoms with Gasteiger partial charge in [-0.2, -0.15) is 4.31 Å². The lowest BCUT2D eigenvalue weighted by molar-refractivity contribution is -0.151. The zero-order chi connectivity index (χ0) is 22.4. The van der Waals surface area contributed by atoms with Crippen LogP contribution in [0.15, 0.2) is 28.3 Å². The van der Waals surface area contributed by atoms with Crippen LogP contribution in [0.4, 0.5) is 0 Å². The second-order valence-electron chi connectivity index (χ2n) is 7.91. The predicted octanol–water partition coefficient (Wildman–Crippen LogP) is 2.54. The summed E-state index contributed by atoms with van der Waals surface area (Å²) in [6.45, 7) is 6.16. The van der Waals surface area contributed by atoms with Crippen molar-refractivity contribution in [3.8, 4) is 0 Å². The molecule has 1 amide bonds. The summed E-state index contributed by atoms with van der Waals surface area (Å²) in [6, 6.07) is 3.24. The lowest BCUT2D eigenvalue weighted by Crippen LogP contribution is -2.43. The molecule has 0 radical (unpaired) electrons. The summed E-state index contributed by atoms with van der Waals surface area (Å²) in [5.74, 6) is -0.317. The predicted molar refractivity (Wildman–Crippen MR) is 118 cm³/mol. The van der Waals surface area contributed by atoms with Crippen molar-refractivity contribution in [1.29, 1.82) is 0 Å². The number of esters is 1. The Balaban J connectivity index is 1.54. The standard InChI is InChI=1S/C21H31N3O5S2/c1-3-29-21(26)17-9-13-23(14-10-17)20(25)16(2)30-19-8-7-18(15-22-19)31(27,28)24-11-5-4-6-12-24/h7-8,15-17H,3-6,9-14H2,1-2H3. The van der Waals surface area contributed by atoms with E-state index in [1.54, 1.807) is 24.0 Å². The van der Waals surface area contributed by atoms with Gasteiger partial charge in [-0.1, -0.05) is 18.2 Å². The molecule has 2 fully saturated rings. The average Bonchev–Trinajstić information content (AvgIpc) is 2.79. The highest BCUT2D eigenvalue weighted by Crippen LogP contribution is 2.27. The lowest BCUT2D eigenvalue weighted by atomic mass is 9.97. The summed E-state index contributed by atoms with van der Waals surface area (Å²) >= 11 is 1.31. The Morgan fingerprint density at radius 2 is 1.84 bits per heavy atom. The van der Waals surface area contributed by atoms with Gasteiger partial charge >= 0.3 is 5.97 Å². The first-order chi connectivity index (χ1) is 14.8. The highest BCUT2D eigenvalue weighted by molar-refractivity contribution is 8.00. The van der Waals surface area contributed by atoms with Gasteiger partial charge in [0.05, 0.1) is 22.8 Å². The largest absolute Gasteiger partial charge is 0.466 e. The van der Waals surface area contributed by atoms with Gasteiger partial charge in [-0.15, -0.1) is 0 Å². The second kappa shape index (κ2) is 10.8. The van der Waals surface area contributed by atoms with E-state index in [9.17, 15) is 18.0 Å². The molecule has 3 heterocycles. The van der Waals surface area contributed by atoms with Gasteiger partial charge in [0.15, 0.2) is 0 Å². The Bertz CT molecular complexity index is 862. The number of aromatic nitrogens is 1. The van der Waals surface area contributed by atoms with Gasteiger partial charge in [0.1, 0.15) is 4.90 Å². The molecule has 1 unspecified atom stereocenters. The molecular weight excluding hydrogens is 438 g/mol. The van der Waals surface area contributed by atoms with Crippen LogP contribution in [0.1, 0.15) is 46.0 Å². The Morgan fingerprint density at radius 1 is 1.16 bits per heavy atom. The molecule has 2 aliphatic heterocycles. The van der Waals surface area contributed by atoms with Crippen molar-refractivity contribution in [1.82, 2.24) is 14.2 Å². The van der Waals surface area contributed by atoms with Gasteiger partial charge in [-0.3, -0.25) is 9.59 Å². The number of thioether (sulfide) groups is 1. The molecule has 0 N–H and O–H groups in total. The quantitative estimate of drug-likeness (QED) is 0.447. The van der Waals surface area contributed by atoms with Gasteiger partial charge in [0.25, 0.3) is 0 Å². The Kier molecular flexibility index (Phi) is 8.35. The fraction of sp³-hybridized carbons (Fsp3) is 0.667. The molecule has 2 aliphatic rings. The van der Waals surface area contributed by atoms with Crippen molar-refractivity contribution in [2.45, 2.75) is 61.1 Å². The molecule has 2 saturated heterocycles. The summed E-state index contributed by atoms with van der Waals surface area (Å²) in [5, 5.41) is 0.260. The fourth-order valence-corrected chi connectivity index (χ4v) is 6.26. The van der Waals surface area contributed by atoms with Crippen LogP contribution in [-0.2, 0) is 24.3 Å². The monoisotopic (exact) mass is 469 g/mol. The van der Waals surface area contributed by atoms with Gasteiger partial charge in [0, 0.05) is 32.4 Å². The third-order valence-electron chi connectivity index (χ3n) is 5.73. The molecule has 0 aliphatic carbocycles. The molecule has 0 spiro atoms. The van der Waals surface area contributed by atoms with Gasteiger partial charge < -0.3 is 9.64 Å². The maximum atomic E-state index is 12.8. The van der Waals surface area contributed by atoms with Gasteiger partial charge in [-0.05, 0) is 51.7 Å². The third kappa shape index (κ3) is 5.98.